The average molecular weight is 443 g/mol. The van der Waals surface area contributed by atoms with Gasteiger partial charge in [-0.2, -0.15) is 13.2 Å². The summed E-state index contributed by atoms with van der Waals surface area (Å²) >= 11 is 0. The Kier molecular flexibility index (Phi) is 10.3. The average Bonchev–Trinajstić information content (AvgIpc) is 2.62. The minimum absolute atomic E-state index is 0.445. The van der Waals surface area contributed by atoms with Crippen LogP contribution in [-0.2, 0) is 23.9 Å². The fourth-order valence-electron chi connectivity index (χ4n) is 2.41. The predicted molar refractivity (Wildman–Crippen MR) is 92.9 cm³/mol. The van der Waals surface area contributed by atoms with Crippen LogP contribution in [0.5, 0.6) is 0 Å². The molecule has 3 atom stereocenters. The van der Waals surface area contributed by atoms with Gasteiger partial charge in [-0.25, -0.2) is 14.7 Å². The zero-order valence-corrected chi connectivity index (χ0v) is 16.3. The number of carbonyl (C=O) groups is 4. The first-order valence-corrected chi connectivity index (χ1v) is 8.63. The summed E-state index contributed by atoms with van der Waals surface area (Å²) in [6.45, 7) is 4.83. The number of rotatable bonds is 6. The monoisotopic (exact) mass is 443 g/mol. The molecule has 172 valence electrons. The third-order valence-electron chi connectivity index (χ3n) is 3.92. The number of carbonyl (C=O) groups excluding carboxylic acids is 2. The Bertz CT molecular complexity index is 679. The van der Waals surface area contributed by atoms with Crippen molar-refractivity contribution < 1.29 is 52.5 Å². The van der Waals surface area contributed by atoms with Gasteiger partial charge in [0.25, 0.3) is 5.91 Å². The molecule has 30 heavy (non-hydrogen) atoms. The van der Waals surface area contributed by atoms with Crippen molar-refractivity contribution >= 4 is 23.8 Å². The highest BCUT2D eigenvalue weighted by Crippen LogP contribution is 2.21. The Labute approximate surface area is 169 Å². The van der Waals surface area contributed by atoms with Crippen molar-refractivity contribution in [3.8, 4) is 0 Å². The second kappa shape index (κ2) is 11.3. The molecule has 1 aliphatic rings. The number of nitrogens with one attached hydrogen (secondary N) is 1. The van der Waals surface area contributed by atoms with Crippen molar-refractivity contribution in [3.05, 3.63) is 11.8 Å². The van der Waals surface area contributed by atoms with Crippen LogP contribution in [0, 0.1) is 0 Å². The number of aliphatic carboxylic acids is 2. The topological polar surface area (TPSA) is 179 Å². The molecule has 0 saturated carbocycles. The quantitative estimate of drug-likeness (QED) is 0.284. The molecule has 0 saturated heterocycles. The summed E-state index contributed by atoms with van der Waals surface area (Å²) in [5.74, 6) is -5.93. The van der Waals surface area contributed by atoms with Gasteiger partial charge in [-0.3, -0.25) is 14.8 Å². The molecule has 0 aromatic rings. The lowest BCUT2D eigenvalue weighted by Crippen LogP contribution is -2.61. The van der Waals surface area contributed by atoms with E-state index in [0.717, 1.165) is 6.08 Å². The molecule has 2 amide bonds. The summed E-state index contributed by atoms with van der Waals surface area (Å²) in [4.78, 5) is 43.8. The molecule has 0 radical (unpaired) electrons. The third kappa shape index (κ3) is 7.87. The maximum Gasteiger partial charge on any atom is 0.490 e. The van der Waals surface area contributed by atoms with E-state index in [1.807, 2.05) is 0 Å². The third-order valence-corrected chi connectivity index (χ3v) is 3.92. The van der Waals surface area contributed by atoms with E-state index in [-0.39, 0.29) is 0 Å². The van der Waals surface area contributed by atoms with Crippen molar-refractivity contribution in [2.24, 2.45) is 5.73 Å². The molecule has 0 aliphatic carbocycles. The Morgan fingerprint density at radius 3 is 2.03 bits per heavy atom. The van der Waals surface area contributed by atoms with Crippen LogP contribution in [0.15, 0.2) is 11.8 Å². The lowest BCUT2D eigenvalue weighted by atomic mass is 9.97. The van der Waals surface area contributed by atoms with Gasteiger partial charge in [-0.1, -0.05) is 13.8 Å². The van der Waals surface area contributed by atoms with E-state index in [1.54, 1.807) is 13.8 Å². The first kappa shape index (κ1) is 27.1. The van der Waals surface area contributed by atoms with Gasteiger partial charge in [0.05, 0.1) is 18.1 Å². The van der Waals surface area contributed by atoms with Crippen molar-refractivity contribution in [2.75, 3.05) is 0 Å². The van der Waals surface area contributed by atoms with E-state index in [2.05, 4.69) is 5.32 Å². The Morgan fingerprint density at radius 2 is 1.70 bits per heavy atom. The van der Waals surface area contributed by atoms with Crippen LogP contribution in [-0.4, -0.2) is 74.6 Å². The normalized spacial score (nSPS) is 20.8. The maximum atomic E-state index is 12.5. The molecular weight excluding hydrogens is 419 g/mol. The van der Waals surface area contributed by atoms with Gasteiger partial charge in [0, 0.05) is 6.92 Å². The minimum Gasteiger partial charge on any atom is -0.475 e. The van der Waals surface area contributed by atoms with Gasteiger partial charge < -0.3 is 26.0 Å². The highest BCUT2D eigenvalue weighted by Gasteiger charge is 2.43. The number of nitrogens with zero attached hydrogens (tertiary/aromatic N) is 1. The number of halogens is 3. The Balaban J connectivity index is 0.00000103. The molecule has 0 bridgehead atoms. The van der Waals surface area contributed by atoms with E-state index < -0.39 is 59.9 Å². The summed E-state index contributed by atoms with van der Waals surface area (Å²) in [6, 6.07) is -2.37. The van der Waals surface area contributed by atoms with Crippen LogP contribution in [0.3, 0.4) is 0 Å². The van der Waals surface area contributed by atoms with Crippen molar-refractivity contribution in [1.82, 2.24) is 10.4 Å². The van der Waals surface area contributed by atoms with Gasteiger partial charge in [0.1, 0.15) is 0 Å². The first-order chi connectivity index (χ1) is 13.7. The molecule has 1 heterocycles. The largest absolute Gasteiger partial charge is 0.490 e. The lowest BCUT2D eigenvalue weighted by molar-refractivity contribution is -0.192. The highest BCUT2D eigenvalue weighted by atomic mass is 19.4. The van der Waals surface area contributed by atoms with Gasteiger partial charge >= 0.3 is 18.1 Å². The summed E-state index contributed by atoms with van der Waals surface area (Å²) in [7, 11) is 0. The zero-order valence-electron chi connectivity index (χ0n) is 16.3. The summed E-state index contributed by atoms with van der Waals surface area (Å²) in [5, 5.41) is 29.2. The molecule has 14 heteroatoms. The van der Waals surface area contributed by atoms with E-state index in [9.17, 15) is 32.8 Å². The second-order valence-electron chi connectivity index (χ2n) is 6.13. The molecule has 1 rings (SSSR count). The number of amides is 2. The fraction of sp³-hybridized carbons (Fsp3) is 0.625. The highest BCUT2D eigenvalue weighted by molar-refractivity contribution is 5.88. The SMILES string of the molecule is CCC(CC)N(O)C(=O)[C@@H]1OC(C(=O)O)=C[C@H](N)[C@H]1NC(C)=O.O=C(O)C(F)(F)F. The summed E-state index contributed by atoms with van der Waals surface area (Å²) in [6.07, 6.45) is -4.38. The summed E-state index contributed by atoms with van der Waals surface area (Å²) < 4.78 is 36.9. The van der Waals surface area contributed by atoms with Crippen LogP contribution in [0.4, 0.5) is 13.2 Å². The number of alkyl halides is 3. The summed E-state index contributed by atoms with van der Waals surface area (Å²) in [5.41, 5.74) is 5.84. The second-order valence-corrected chi connectivity index (χ2v) is 6.13. The number of carboxylic acid groups (broad SMARTS) is 2. The molecular formula is C16H24F3N3O8. The van der Waals surface area contributed by atoms with Gasteiger partial charge in [0.15, 0.2) is 0 Å². The Morgan fingerprint density at radius 1 is 1.23 bits per heavy atom. The van der Waals surface area contributed by atoms with Crippen molar-refractivity contribution in [3.63, 3.8) is 0 Å². The van der Waals surface area contributed by atoms with Crippen LogP contribution in [0.25, 0.3) is 0 Å². The van der Waals surface area contributed by atoms with E-state index in [0.29, 0.717) is 17.9 Å². The number of nitrogens with two attached hydrogens (primary N) is 1. The van der Waals surface area contributed by atoms with Crippen LogP contribution >= 0.6 is 0 Å². The standard InChI is InChI=1S/C14H23N3O6.C2HF3O2/c1-4-8(5-2)17(22)13(19)12-11(16-7(3)18)9(15)6-10(23-12)14(20)21;3-2(4,5)1(6)7/h6,8-9,11-12,22H,4-5,15H2,1-3H3,(H,16,18)(H,20,21);(H,6,7)/t9-,11+,12+;/m0./s1. The van der Waals surface area contributed by atoms with Crippen molar-refractivity contribution in [2.45, 2.75) is 64.0 Å². The molecule has 1 aliphatic heterocycles. The number of hydroxylamine groups is 2. The zero-order chi connectivity index (χ0) is 23.8. The molecule has 11 nitrogen and oxygen atoms in total. The van der Waals surface area contributed by atoms with Gasteiger partial charge in [0.2, 0.25) is 17.8 Å². The van der Waals surface area contributed by atoms with E-state index >= 15 is 0 Å². The smallest absolute Gasteiger partial charge is 0.475 e. The molecule has 0 spiro atoms. The van der Waals surface area contributed by atoms with Crippen LogP contribution in [0.2, 0.25) is 0 Å². The molecule has 6 N–H and O–H groups in total. The molecule has 0 fully saturated rings. The Hall–Kier alpha value is -2.87. The van der Waals surface area contributed by atoms with Gasteiger partial charge in [-0.05, 0) is 18.9 Å². The van der Waals surface area contributed by atoms with Gasteiger partial charge in [-0.15, -0.1) is 0 Å². The number of ether oxygens (including phenoxy) is 1. The maximum absolute atomic E-state index is 12.5. The predicted octanol–water partition coefficient (Wildman–Crippen LogP) is 0.225. The first-order valence-electron chi connectivity index (χ1n) is 8.63. The number of hydrogen-bond donors (Lipinski definition) is 5. The number of carboxylic acids is 2. The molecule has 0 unspecified atom stereocenters. The number of hydrogen-bond acceptors (Lipinski definition) is 7. The molecule has 0 aromatic carbocycles. The minimum atomic E-state index is -5.08. The van der Waals surface area contributed by atoms with E-state index in [4.69, 9.17) is 25.5 Å². The molecule has 0 aromatic heterocycles. The van der Waals surface area contributed by atoms with Crippen LogP contribution in [0.1, 0.15) is 33.6 Å². The van der Waals surface area contributed by atoms with Crippen molar-refractivity contribution in [1.29, 1.82) is 0 Å². The lowest BCUT2D eigenvalue weighted by Gasteiger charge is -2.36. The van der Waals surface area contributed by atoms with Crippen LogP contribution < -0.4 is 11.1 Å². The fourth-order valence-corrected chi connectivity index (χ4v) is 2.41. The van der Waals surface area contributed by atoms with E-state index in [1.165, 1.54) is 6.92 Å².